The molecule has 0 amide bonds. The largest absolute Gasteiger partial charge is 0.481 e. The second-order valence-corrected chi connectivity index (χ2v) is 6.41. The maximum atomic E-state index is 11.0. The number of carbonyl (C=O) groups is 1. The van der Waals surface area contributed by atoms with Gasteiger partial charge in [-0.3, -0.25) is 4.79 Å². The van der Waals surface area contributed by atoms with Gasteiger partial charge in [-0.25, -0.2) is 9.97 Å². The van der Waals surface area contributed by atoms with Crippen molar-refractivity contribution in [2.75, 3.05) is 18.5 Å². The van der Waals surface area contributed by atoms with Crippen molar-refractivity contribution in [2.45, 2.75) is 51.9 Å². The Morgan fingerprint density at radius 3 is 2.45 bits per heavy atom. The molecule has 1 aliphatic carbocycles. The molecule has 1 fully saturated rings. The number of nitrogens with zero attached hydrogens (tertiary/aromatic N) is 3. The number of aryl methyl sites for hydroxylation is 1. The van der Waals surface area contributed by atoms with Crippen LogP contribution in [0.2, 0.25) is 0 Å². The summed E-state index contributed by atoms with van der Waals surface area (Å²) in [6.45, 7) is 3.08. The lowest BCUT2D eigenvalue weighted by molar-refractivity contribution is -0.143. The van der Waals surface area contributed by atoms with Gasteiger partial charge in [0.05, 0.1) is 5.92 Å². The first kappa shape index (κ1) is 16.7. The molecule has 5 heteroatoms. The molecule has 22 heavy (non-hydrogen) atoms. The first-order valence-electron chi connectivity index (χ1n) is 8.35. The zero-order chi connectivity index (χ0) is 15.9. The second-order valence-electron chi connectivity index (χ2n) is 6.41. The van der Waals surface area contributed by atoms with Gasteiger partial charge in [0.25, 0.3) is 0 Å². The third kappa shape index (κ3) is 4.68. The van der Waals surface area contributed by atoms with Gasteiger partial charge in [-0.1, -0.05) is 13.3 Å². The third-order valence-electron chi connectivity index (χ3n) is 4.64. The average molecular weight is 305 g/mol. The van der Waals surface area contributed by atoms with E-state index in [9.17, 15) is 4.79 Å². The standard InChI is InChI=1S/C17H27N3O2/c1-3-4-14-11-18-17(19-12-14)20(2)10-9-13-5-7-15(8-6-13)16(21)22/h11-13,15H,3-10H2,1-2H3,(H,21,22)/t13-,15-. The van der Waals surface area contributed by atoms with E-state index in [-0.39, 0.29) is 5.92 Å². The average Bonchev–Trinajstić information content (AvgIpc) is 2.54. The van der Waals surface area contributed by atoms with E-state index in [1.54, 1.807) is 0 Å². The monoisotopic (exact) mass is 305 g/mol. The Morgan fingerprint density at radius 1 is 1.27 bits per heavy atom. The lowest BCUT2D eigenvalue weighted by Crippen LogP contribution is -2.26. The first-order valence-corrected chi connectivity index (χ1v) is 8.35. The smallest absolute Gasteiger partial charge is 0.306 e. The van der Waals surface area contributed by atoms with E-state index in [0.717, 1.165) is 57.4 Å². The number of anilines is 1. The molecule has 5 nitrogen and oxygen atoms in total. The lowest BCUT2D eigenvalue weighted by atomic mass is 9.80. The quantitative estimate of drug-likeness (QED) is 0.838. The van der Waals surface area contributed by atoms with Crippen LogP contribution in [-0.4, -0.2) is 34.6 Å². The molecule has 122 valence electrons. The summed E-state index contributed by atoms with van der Waals surface area (Å²) in [5.41, 5.74) is 1.19. The Labute approximate surface area is 132 Å². The van der Waals surface area contributed by atoms with Crippen molar-refractivity contribution in [1.82, 2.24) is 9.97 Å². The van der Waals surface area contributed by atoms with Crippen molar-refractivity contribution in [2.24, 2.45) is 11.8 Å². The summed E-state index contributed by atoms with van der Waals surface area (Å²) >= 11 is 0. The van der Waals surface area contributed by atoms with E-state index in [0.29, 0.717) is 5.92 Å². The molecule has 0 bridgehead atoms. The molecule has 0 atom stereocenters. The zero-order valence-electron chi connectivity index (χ0n) is 13.7. The van der Waals surface area contributed by atoms with E-state index < -0.39 is 5.97 Å². The molecule has 1 heterocycles. The van der Waals surface area contributed by atoms with Crippen LogP contribution < -0.4 is 4.90 Å². The Morgan fingerprint density at radius 2 is 1.91 bits per heavy atom. The molecular weight excluding hydrogens is 278 g/mol. The molecule has 1 aromatic rings. The number of carboxylic acid groups (broad SMARTS) is 1. The minimum Gasteiger partial charge on any atom is -0.481 e. The summed E-state index contributed by atoms with van der Waals surface area (Å²) in [5, 5.41) is 9.03. The van der Waals surface area contributed by atoms with Gasteiger partial charge in [0, 0.05) is 26.0 Å². The molecule has 0 saturated heterocycles. The highest BCUT2D eigenvalue weighted by Crippen LogP contribution is 2.31. The fraction of sp³-hybridized carbons (Fsp3) is 0.706. The van der Waals surface area contributed by atoms with Crippen LogP contribution in [0.5, 0.6) is 0 Å². The molecule has 0 aliphatic heterocycles. The number of aromatic nitrogens is 2. The van der Waals surface area contributed by atoms with Crippen LogP contribution in [0.1, 0.15) is 51.0 Å². The zero-order valence-corrected chi connectivity index (χ0v) is 13.7. The minimum absolute atomic E-state index is 0.122. The molecule has 1 N–H and O–H groups in total. The number of hydrogen-bond acceptors (Lipinski definition) is 4. The molecule has 1 aliphatic rings. The Kier molecular flexibility index (Phi) is 6.16. The van der Waals surface area contributed by atoms with E-state index >= 15 is 0 Å². The van der Waals surface area contributed by atoms with Crippen molar-refractivity contribution in [3.8, 4) is 0 Å². The van der Waals surface area contributed by atoms with Gasteiger partial charge in [-0.2, -0.15) is 0 Å². The highest BCUT2D eigenvalue weighted by atomic mass is 16.4. The van der Waals surface area contributed by atoms with Crippen LogP contribution in [-0.2, 0) is 11.2 Å². The van der Waals surface area contributed by atoms with Gasteiger partial charge in [-0.05, 0) is 50.0 Å². The third-order valence-corrected chi connectivity index (χ3v) is 4.64. The van der Waals surface area contributed by atoms with Crippen molar-refractivity contribution in [3.05, 3.63) is 18.0 Å². The molecular formula is C17H27N3O2. The molecule has 1 saturated carbocycles. The molecule has 2 rings (SSSR count). The first-order chi connectivity index (χ1) is 10.6. The number of hydrogen-bond donors (Lipinski definition) is 1. The highest BCUT2D eigenvalue weighted by Gasteiger charge is 2.25. The number of aliphatic carboxylic acids is 1. The van der Waals surface area contributed by atoms with Crippen molar-refractivity contribution in [1.29, 1.82) is 0 Å². The van der Waals surface area contributed by atoms with Gasteiger partial charge >= 0.3 is 5.97 Å². The van der Waals surface area contributed by atoms with Crippen LogP contribution >= 0.6 is 0 Å². The molecule has 0 spiro atoms. The molecule has 1 aromatic heterocycles. The van der Waals surface area contributed by atoms with Crippen molar-refractivity contribution < 1.29 is 9.90 Å². The number of carboxylic acids is 1. The van der Waals surface area contributed by atoms with Gasteiger partial charge in [-0.15, -0.1) is 0 Å². The second kappa shape index (κ2) is 8.11. The topological polar surface area (TPSA) is 66.3 Å². The van der Waals surface area contributed by atoms with Crippen LogP contribution in [0, 0.1) is 11.8 Å². The lowest BCUT2D eigenvalue weighted by Gasteiger charge is -2.27. The minimum atomic E-state index is -0.629. The summed E-state index contributed by atoms with van der Waals surface area (Å²) in [4.78, 5) is 21.9. The summed E-state index contributed by atoms with van der Waals surface area (Å²) in [6.07, 6.45) is 10.8. The van der Waals surface area contributed by atoms with Gasteiger partial charge in [0.1, 0.15) is 0 Å². The van der Waals surface area contributed by atoms with E-state index in [1.807, 2.05) is 19.4 Å². The SMILES string of the molecule is CCCc1cnc(N(C)CC[C@H]2CC[C@H](C(=O)O)CC2)nc1. The summed E-state index contributed by atoms with van der Waals surface area (Å²) in [6, 6.07) is 0. The van der Waals surface area contributed by atoms with Crippen LogP contribution in [0.3, 0.4) is 0 Å². The molecule has 0 aromatic carbocycles. The Balaban J connectivity index is 1.75. The Hall–Kier alpha value is -1.65. The fourth-order valence-corrected chi connectivity index (χ4v) is 3.14. The van der Waals surface area contributed by atoms with Crippen molar-refractivity contribution in [3.63, 3.8) is 0 Å². The molecule has 0 unspecified atom stereocenters. The predicted molar refractivity (Wildman–Crippen MR) is 87.0 cm³/mol. The van der Waals surface area contributed by atoms with E-state index in [2.05, 4.69) is 21.8 Å². The van der Waals surface area contributed by atoms with E-state index in [1.165, 1.54) is 5.56 Å². The fourth-order valence-electron chi connectivity index (χ4n) is 3.14. The normalized spacial score (nSPS) is 21.5. The summed E-state index contributed by atoms with van der Waals surface area (Å²) in [7, 11) is 2.03. The maximum absolute atomic E-state index is 11.0. The van der Waals surface area contributed by atoms with Gasteiger partial charge in [0.15, 0.2) is 0 Å². The maximum Gasteiger partial charge on any atom is 0.306 e. The van der Waals surface area contributed by atoms with Gasteiger partial charge in [0.2, 0.25) is 5.95 Å². The highest BCUT2D eigenvalue weighted by molar-refractivity contribution is 5.69. The van der Waals surface area contributed by atoms with Crippen molar-refractivity contribution >= 4 is 11.9 Å². The number of rotatable bonds is 7. The van der Waals surface area contributed by atoms with Crippen LogP contribution in [0.15, 0.2) is 12.4 Å². The summed E-state index contributed by atoms with van der Waals surface area (Å²) in [5.74, 6) is 0.663. The predicted octanol–water partition coefficient (Wildman–Crippen LogP) is 3.15. The Bertz CT molecular complexity index is 467. The summed E-state index contributed by atoms with van der Waals surface area (Å²) < 4.78 is 0. The van der Waals surface area contributed by atoms with Crippen LogP contribution in [0.25, 0.3) is 0 Å². The van der Waals surface area contributed by atoms with E-state index in [4.69, 9.17) is 5.11 Å². The molecule has 0 radical (unpaired) electrons. The van der Waals surface area contributed by atoms with Crippen LogP contribution in [0.4, 0.5) is 5.95 Å². The van der Waals surface area contributed by atoms with Gasteiger partial charge < -0.3 is 10.0 Å².